The molecule has 6 heteroatoms. The number of hydrogen-bond donors (Lipinski definition) is 2. The predicted octanol–water partition coefficient (Wildman–Crippen LogP) is 0.811. The zero-order valence-electron chi connectivity index (χ0n) is 13.6. The smallest absolute Gasteiger partial charge is 0.323 e. The van der Waals surface area contributed by atoms with Gasteiger partial charge < -0.3 is 19.9 Å². The molecule has 0 amide bonds. The van der Waals surface area contributed by atoms with Gasteiger partial charge in [-0.05, 0) is 34.2 Å². The van der Waals surface area contributed by atoms with Crippen molar-refractivity contribution in [1.82, 2.24) is 10.2 Å². The van der Waals surface area contributed by atoms with E-state index in [2.05, 4.69) is 17.1 Å². The predicted molar refractivity (Wildman–Crippen MR) is 79.1 cm³/mol. The molecule has 0 radical (unpaired) electrons. The van der Waals surface area contributed by atoms with E-state index in [4.69, 9.17) is 9.47 Å². The third kappa shape index (κ3) is 5.75. The maximum Gasteiger partial charge on any atom is 0.323 e. The van der Waals surface area contributed by atoms with Gasteiger partial charge in [-0.1, -0.05) is 0 Å². The van der Waals surface area contributed by atoms with Crippen LogP contribution in [0.15, 0.2) is 0 Å². The molecule has 0 bridgehead atoms. The Morgan fingerprint density at radius 3 is 2.30 bits per heavy atom. The molecule has 0 aliphatic rings. The van der Waals surface area contributed by atoms with Crippen molar-refractivity contribution in [1.29, 1.82) is 0 Å². The molecule has 0 fully saturated rings. The van der Waals surface area contributed by atoms with Crippen molar-refractivity contribution in [3.8, 4) is 0 Å². The van der Waals surface area contributed by atoms with Crippen LogP contribution >= 0.6 is 0 Å². The standard InChI is InChI=1S/C14H30N2O4/c1-11(9-14(3,15-4)13(17)18)16(7-8-19-5)12(2)10-20-6/h11-12,15H,7-10H2,1-6H3,(H,17,18). The fourth-order valence-electron chi connectivity index (χ4n) is 2.41. The summed E-state index contributed by atoms with van der Waals surface area (Å²) >= 11 is 0. The van der Waals surface area contributed by atoms with Gasteiger partial charge in [0.05, 0.1) is 13.2 Å². The van der Waals surface area contributed by atoms with Crippen LogP contribution < -0.4 is 5.32 Å². The molecule has 0 aromatic rings. The van der Waals surface area contributed by atoms with Crippen LogP contribution in [0.3, 0.4) is 0 Å². The zero-order valence-corrected chi connectivity index (χ0v) is 13.6. The lowest BCUT2D eigenvalue weighted by atomic mass is 9.92. The Balaban J connectivity index is 4.83. The maximum absolute atomic E-state index is 11.4. The lowest BCUT2D eigenvalue weighted by Crippen LogP contribution is -2.54. The van der Waals surface area contributed by atoms with Crippen molar-refractivity contribution >= 4 is 5.97 Å². The Labute approximate surface area is 122 Å². The Morgan fingerprint density at radius 2 is 1.90 bits per heavy atom. The van der Waals surface area contributed by atoms with Crippen molar-refractivity contribution in [3.05, 3.63) is 0 Å². The first kappa shape index (κ1) is 19.3. The molecule has 120 valence electrons. The van der Waals surface area contributed by atoms with Crippen molar-refractivity contribution in [3.63, 3.8) is 0 Å². The average Bonchev–Trinajstić information content (AvgIpc) is 2.39. The van der Waals surface area contributed by atoms with E-state index < -0.39 is 11.5 Å². The van der Waals surface area contributed by atoms with Gasteiger partial charge in [-0.25, -0.2) is 0 Å². The van der Waals surface area contributed by atoms with Crippen molar-refractivity contribution in [2.45, 2.75) is 44.8 Å². The SMILES string of the molecule is CNC(C)(CC(C)N(CCOC)C(C)COC)C(=O)O. The third-order valence-corrected chi connectivity index (χ3v) is 3.82. The van der Waals surface area contributed by atoms with Crippen molar-refractivity contribution in [2.24, 2.45) is 0 Å². The lowest BCUT2D eigenvalue weighted by Gasteiger charge is -2.38. The summed E-state index contributed by atoms with van der Waals surface area (Å²) in [5, 5.41) is 12.3. The fraction of sp³-hybridized carbons (Fsp3) is 0.929. The van der Waals surface area contributed by atoms with Crippen LogP contribution in [0.5, 0.6) is 0 Å². The molecule has 0 heterocycles. The van der Waals surface area contributed by atoms with Crippen molar-refractivity contribution in [2.75, 3.05) is 41.0 Å². The van der Waals surface area contributed by atoms with Crippen LogP contribution in [0.4, 0.5) is 0 Å². The van der Waals surface area contributed by atoms with Gasteiger partial charge >= 0.3 is 5.97 Å². The normalized spacial score (nSPS) is 17.8. The summed E-state index contributed by atoms with van der Waals surface area (Å²) in [5.74, 6) is -0.835. The van der Waals surface area contributed by atoms with Crippen LogP contribution in [0.2, 0.25) is 0 Å². The van der Waals surface area contributed by atoms with E-state index >= 15 is 0 Å². The Hall–Kier alpha value is -0.690. The van der Waals surface area contributed by atoms with Gasteiger partial charge in [0.15, 0.2) is 0 Å². The number of ether oxygens (including phenoxy) is 2. The topological polar surface area (TPSA) is 71.0 Å². The number of methoxy groups -OCH3 is 2. The number of nitrogens with one attached hydrogen (secondary N) is 1. The van der Waals surface area contributed by atoms with Gasteiger partial charge in [0, 0.05) is 32.8 Å². The first-order valence-corrected chi connectivity index (χ1v) is 6.98. The van der Waals surface area contributed by atoms with Crippen LogP contribution in [-0.4, -0.2) is 74.6 Å². The van der Waals surface area contributed by atoms with Gasteiger partial charge in [-0.15, -0.1) is 0 Å². The summed E-state index contributed by atoms with van der Waals surface area (Å²) in [7, 11) is 5.02. The highest BCUT2D eigenvalue weighted by molar-refractivity contribution is 5.78. The van der Waals surface area contributed by atoms with Crippen LogP contribution in [0.1, 0.15) is 27.2 Å². The van der Waals surface area contributed by atoms with E-state index in [1.54, 1.807) is 28.2 Å². The van der Waals surface area contributed by atoms with Crippen molar-refractivity contribution < 1.29 is 19.4 Å². The van der Waals surface area contributed by atoms with Gasteiger partial charge in [-0.2, -0.15) is 0 Å². The molecule has 0 spiro atoms. The van der Waals surface area contributed by atoms with E-state index in [1.165, 1.54) is 0 Å². The molecule has 3 atom stereocenters. The van der Waals surface area contributed by atoms with E-state index in [9.17, 15) is 9.90 Å². The molecule has 0 saturated carbocycles. The highest BCUT2D eigenvalue weighted by atomic mass is 16.5. The highest BCUT2D eigenvalue weighted by Gasteiger charge is 2.35. The Kier molecular flexibility index (Phi) is 8.96. The molecule has 2 N–H and O–H groups in total. The quantitative estimate of drug-likeness (QED) is 0.587. The number of nitrogens with zero attached hydrogens (tertiary/aromatic N) is 1. The second kappa shape index (κ2) is 9.28. The minimum Gasteiger partial charge on any atom is -0.480 e. The number of likely N-dealkylation sites (N-methyl/N-ethyl adjacent to an activating group) is 1. The molecular formula is C14H30N2O4. The summed E-state index contributed by atoms with van der Waals surface area (Å²) in [4.78, 5) is 13.6. The first-order valence-electron chi connectivity index (χ1n) is 6.98. The molecule has 3 unspecified atom stereocenters. The molecular weight excluding hydrogens is 260 g/mol. The average molecular weight is 290 g/mol. The number of rotatable bonds is 11. The summed E-state index contributed by atoms with van der Waals surface area (Å²) < 4.78 is 10.3. The molecule has 0 aliphatic carbocycles. The molecule has 0 aromatic carbocycles. The monoisotopic (exact) mass is 290 g/mol. The zero-order chi connectivity index (χ0) is 15.8. The van der Waals surface area contributed by atoms with E-state index in [0.717, 1.165) is 6.54 Å². The van der Waals surface area contributed by atoms with E-state index in [-0.39, 0.29) is 12.1 Å². The Bertz CT molecular complexity index is 288. The summed E-state index contributed by atoms with van der Waals surface area (Å²) in [6.45, 7) is 7.80. The number of hydrogen-bond acceptors (Lipinski definition) is 5. The molecule has 0 aliphatic heterocycles. The molecule has 20 heavy (non-hydrogen) atoms. The highest BCUT2D eigenvalue weighted by Crippen LogP contribution is 2.18. The number of carboxylic acid groups (broad SMARTS) is 1. The number of carbonyl (C=O) groups is 1. The van der Waals surface area contributed by atoms with Gasteiger partial charge in [-0.3, -0.25) is 9.69 Å². The maximum atomic E-state index is 11.4. The summed E-state index contributed by atoms with van der Waals surface area (Å²) in [5.41, 5.74) is -0.933. The lowest BCUT2D eigenvalue weighted by molar-refractivity contribution is -0.145. The van der Waals surface area contributed by atoms with Crippen LogP contribution in [0, 0.1) is 0 Å². The largest absolute Gasteiger partial charge is 0.480 e. The summed E-state index contributed by atoms with van der Waals surface area (Å²) in [6, 6.07) is 0.309. The van der Waals surface area contributed by atoms with Gasteiger partial charge in [0.25, 0.3) is 0 Å². The molecule has 6 nitrogen and oxygen atoms in total. The van der Waals surface area contributed by atoms with Crippen LogP contribution in [0.25, 0.3) is 0 Å². The molecule has 0 rings (SSSR count). The van der Waals surface area contributed by atoms with E-state index in [0.29, 0.717) is 19.6 Å². The first-order chi connectivity index (χ1) is 9.32. The van der Waals surface area contributed by atoms with Gasteiger partial charge in [0.2, 0.25) is 0 Å². The molecule has 0 aromatic heterocycles. The third-order valence-electron chi connectivity index (χ3n) is 3.82. The molecule has 0 saturated heterocycles. The van der Waals surface area contributed by atoms with E-state index in [1.807, 2.05) is 6.92 Å². The second-order valence-corrected chi connectivity index (χ2v) is 5.48. The summed E-state index contributed by atoms with van der Waals surface area (Å²) in [6.07, 6.45) is 0.511. The second-order valence-electron chi connectivity index (χ2n) is 5.48. The fourth-order valence-corrected chi connectivity index (χ4v) is 2.41. The van der Waals surface area contributed by atoms with Crippen LogP contribution in [-0.2, 0) is 14.3 Å². The minimum absolute atomic E-state index is 0.101. The van der Waals surface area contributed by atoms with Gasteiger partial charge in [0.1, 0.15) is 5.54 Å². The minimum atomic E-state index is -0.933. The number of aliphatic carboxylic acids is 1. The number of carboxylic acids is 1. The Morgan fingerprint density at radius 1 is 1.30 bits per heavy atom.